The number of nitriles is 1. The predicted octanol–water partition coefficient (Wildman–Crippen LogP) is 3.17. The van der Waals surface area contributed by atoms with Gasteiger partial charge in [-0.15, -0.1) is 0 Å². The fraction of sp³-hybridized carbons (Fsp3) is 0.200. The zero-order chi connectivity index (χ0) is 13.2. The monoisotopic (exact) mass is 269 g/mol. The molecule has 1 aromatic heterocycles. The summed E-state index contributed by atoms with van der Waals surface area (Å²) < 4.78 is 0. The summed E-state index contributed by atoms with van der Waals surface area (Å²) in [6.45, 7) is 1.66. The van der Waals surface area contributed by atoms with Gasteiger partial charge in [-0.2, -0.15) is 5.26 Å². The molecule has 1 aromatic carbocycles. The lowest BCUT2D eigenvalue weighted by atomic mass is 10.00. The van der Waals surface area contributed by atoms with Crippen molar-refractivity contribution in [3.8, 4) is 6.07 Å². The molecule has 0 atom stereocenters. The Balaban J connectivity index is 1.96. The number of rotatable bonds is 1. The Morgan fingerprint density at radius 1 is 1.21 bits per heavy atom. The summed E-state index contributed by atoms with van der Waals surface area (Å²) in [5.74, 6) is 0.704. The van der Waals surface area contributed by atoms with Crippen molar-refractivity contribution in [2.75, 3.05) is 11.4 Å². The zero-order valence-corrected chi connectivity index (χ0v) is 11.1. The van der Waals surface area contributed by atoms with Crippen LogP contribution in [0.1, 0.15) is 16.7 Å². The normalized spacial score (nSPS) is 13.8. The van der Waals surface area contributed by atoms with E-state index in [0.717, 1.165) is 19.5 Å². The molecule has 1 aliphatic rings. The van der Waals surface area contributed by atoms with Crippen LogP contribution in [0.5, 0.6) is 0 Å². The molecular formula is C15H12ClN3. The summed E-state index contributed by atoms with van der Waals surface area (Å²) in [4.78, 5) is 6.46. The smallest absolute Gasteiger partial charge is 0.149 e. The molecule has 0 bridgehead atoms. The molecule has 19 heavy (non-hydrogen) atoms. The minimum absolute atomic E-state index is 0.449. The van der Waals surface area contributed by atoms with Crippen LogP contribution in [0.2, 0.25) is 5.02 Å². The Hall–Kier alpha value is -2.05. The highest BCUT2D eigenvalue weighted by Crippen LogP contribution is 2.30. The van der Waals surface area contributed by atoms with Crippen LogP contribution in [0.15, 0.2) is 36.5 Å². The number of anilines is 1. The molecule has 3 rings (SSSR count). The lowest BCUT2D eigenvalue weighted by Gasteiger charge is -2.30. The van der Waals surface area contributed by atoms with Crippen LogP contribution in [0.25, 0.3) is 0 Å². The van der Waals surface area contributed by atoms with E-state index in [1.54, 1.807) is 12.3 Å². The maximum absolute atomic E-state index is 9.02. The quantitative estimate of drug-likeness (QED) is 0.798. The Morgan fingerprint density at radius 3 is 2.79 bits per heavy atom. The summed E-state index contributed by atoms with van der Waals surface area (Å²) in [6.07, 6.45) is 2.62. The third kappa shape index (κ3) is 2.16. The first-order chi connectivity index (χ1) is 9.29. The molecule has 0 aliphatic carbocycles. The highest BCUT2D eigenvalue weighted by molar-refractivity contribution is 6.34. The summed E-state index contributed by atoms with van der Waals surface area (Å²) >= 11 is 6.24. The van der Waals surface area contributed by atoms with Crippen LogP contribution in [0.3, 0.4) is 0 Å². The second-order valence-corrected chi connectivity index (χ2v) is 4.93. The van der Waals surface area contributed by atoms with Gasteiger partial charge in [0.1, 0.15) is 16.9 Å². The van der Waals surface area contributed by atoms with Gasteiger partial charge < -0.3 is 4.90 Å². The summed E-state index contributed by atoms with van der Waals surface area (Å²) in [7, 11) is 0. The van der Waals surface area contributed by atoms with Crippen molar-refractivity contribution in [1.82, 2.24) is 4.98 Å². The van der Waals surface area contributed by atoms with Crippen LogP contribution in [-0.4, -0.2) is 11.5 Å². The first kappa shape index (κ1) is 12.0. The Kier molecular flexibility index (Phi) is 3.10. The Bertz CT molecular complexity index is 661. The largest absolute Gasteiger partial charge is 0.351 e. The molecule has 1 aliphatic heterocycles. The SMILES string of the molecule is N#Cc1ccnc(N2CCc3ccccc3C2)c1Cl. The Morgan fingerprint density at radius 2 is 2.00 bits per heavy atom. The molecule has 0 N–H and O–H groups in total. The number of halogens is 1. The summed E-state index contributed by atoms with van der Waals surface area (Å²) in [5, 5.41) is 9.47. The maximum Gasteiger partial charge on any atom is 0.149 e. The van der Waals surface area contributed by atoms with E-state index < -0.39 is 0 Å². The Labute approximate surface area is 117 Å². The third-order valence-electron chi connectivity index (χ3n) is 3.42. The van der Waals surface area contributed by atoms with Crippen LogP contribution in [0, 0.1) is 11.3 Å². The van der Waals surface area contributed by atoms with Gasteiger partial charge in [-0.25, -0.2) is 4.98 Å². The molecule has 4 heteroatoms. The predicted molar refractivity (Wildman–Crippen MR) is 75.2 cm³/mol. The van der Waals surface area contributed by atoms with Gasteiger partial charge in [0.25, 0.3) is 0 Å². The van der Waals surface area contributed by atoms with E-state index in [-0.39, 0.29) is 0 Å². The number of fused-ring (bicyclic) bond motifs is 1. The van der Waals surface area contributed by atoms with E-state index >= 15 is 0 Å². The van der Waals surface area contributed by atoms with Gasteiger partial charge in [-0.1, -0.05) is 35.9 Å². The lowest BCUT2D eigenvalue weighted by Crippen LogP contribution is -2.31. The standard InChI is InChI=1S/C15H12ClN3/c16-14-12(9-17)5-7-18-15(14)19-8-6-11-3-1-2-4-13(11)10-19/h1-5,7H,6,8,10H2. The van der Waals surface area contributed by atoms with Gasteiger partial charge in [0, 0.05) is 19.3 Å². The van der Waals surface area contributed by atoms with E-state index in [1.165, 1.54) is 11.1 Å². The fourth-order valence-corrected chi connectivity index (χ4v) is 2.69. The number of hydrogen-bond donors (Lipinski definition) is 0. The molecular weight excluding hydrogens is 258 g/mol. The second-order valence-electron chi connectivity index (χ2n) is 4.55. The molecule has 0 fully saturated rings. The number of benzene rings is 1. The number of nitrogens with zero attached hydrogens (tertiary/aromatic N) is 3. The van der Waals surface area contributed by atoms with Crippen molar-refractivity contribution in [2.24, 2.45) is 0 Å². The summed E-state index contributed by atoms with van der Waals surface area (Å²) in [5.41, 5.74) is 3.16. The minimum Gasteiger partial charge on any atom is -0.351 e. The molecule has 0 unspecified atom stereocenters. The molecule has 2 aromatic rings. The van der Waals surface area contributed by atoms with Crippen LogP contribution < -0.4 is 4.90 Å². The molecule has 3 nitrogen and oxygen atoms in total. The first-order valence-electron chi connectivity index (χ1n) is 6.16. The van der Waals surface area contributed by atoms with Gasteiger partial charge in [0.15, 0.2) is 0 Å². The topological polar surface area (TPSA) is 39.9 Å². The molecule has 0 saturated heterocycles. The van der Waals surface area contributed by atoms with Crippen molar-refractivity contribution in [1.29, 1.82) is 5.26 Å². The molecule has 94 valence electrons. The highest BCUT2D eigenvalue weighted by Gasteiger charge is 2.20. The van der Waals surface area contributed by atoms with Crippen LogP contribution >= 0.6 is 11.6 Å². The minimum atomic E-state index is 0.449. The van der Waals surface area contributed by atoms with Crippen molar-refractivity contribution in [2.45, 2.75) is 13.0 Å². The van der Waals surface area contributed by atoms with E-state index in [1.807, 2.05) is 6.07 Å². The summed E-state index contributed by atoms with van der Waals surface area (Å²) in [6, 6.07) is 12.1. The van der Waals surface area contributed by atoms with E-state index in [9.17, 15) is 0 Å². The lowest BCUT2D eigenvalue weighted by molar-refractivity contribution is 0.721. The molecule has 0 spiro atoms. The van der Waals surface area contributed by atoms with Crippen LogP contribution in [-0.2, 0) is 13.0 Å². The van der Waals surface area contributed by atoms with Gasteiger partial charge >= 0.3 is 0 Å². The second kappa shape index (κ2) is 4.91. The average molecular weight is 270 g/mol. The van der Waals surface area contributed by atoms with Crippen molar-refractivity contribution in [3.05, 3.63) is 58.2 Å². The van der Waals surface area contributed by atoms with E-state index in [2.05, 4.69) is 34.2 Å². The van der Waals surface area contributed by atoms with Crippen molar-refractivity contribution in [3.63, 3.8) is 0 Å². The third-order valence-corrected chi connectivity index (χ3v) is 3.79. The molecule has 0 saturated carbocycles. The van der Waals surface area contributed by atoms with Gasteiger partial charge in [-0.3, -0.25) is 0 Å². The zero-order valence-electron chi connectivity index (χ0n) is 10.3. The average Bonchev–Trinajstić information content (AvgIpc) is 2.47. The van der Waals surface area contributed by atoms with Gasteiger partial charge in [0.05, 0.1) is 5.56 Å². The maximum atomic E-state index is 9.02. The number of pyridine rings is 1. The molecule has 2 heterocycles. The van der Waals surface area contributed by atoms with Gasteiger partial charge in [-0.05, 0) is 23.6 Å². The molecule has 0 radical (unpaired) electrons. The van der Waals surface area contributed by atoms with Gasteiger partial charge in [0.2, 0.25) is 0 Å². The number of hydrogen-bond acceptors (Lipinski definition) is 3. The first-order valence-corrected chi connectivity index (χ1v) is 6.53. The van der Waals surface area contributed by atoms with Crippen molar-refractivity contribution < 1.29 is 0 Å². The number of aromatic nitrogens is 1. The van der Waals surface area contributed by atoms with Crippen molar-refractivity contribution >= 4 is 17.4 Å². The van der Waals surface area contributed by atoms with E-state index in [0.29, 0.717) is 16.4 Å². The van der Waals surface area contributed by atoms with Crippen LogP contribution in [0.4, 0.5) is 5.82 Å². The fourth-order valence-electron chi connectivity index (χ4n) is 2.42. The highest BCUT2D eigenvalue weighted by atomic mass is 35.5. The van der Waals surface area contributed by atoms with E-state index in [4.69, 9.17) is 16.9 Å². The molecule has 0 amide bonds.